The summed E-state index contributed by atoms with van der Waals surface area (Å²) in [6, 6.07) is 1.27. The fourth-order valence-electron chi connectivity index (χ4n) is 4.15. The molecule has 4 aliphatic rings. The van der Waals surface area contributed by atoms with Crippen molar-refractivity contribution in [1.29, 1.82) is 0 Å². The quantitative estimate of drug-likeness (QED) is 0.793. The topological polar surface area (TPSA) is 61.9 Å². The molecule has 1 atom stereocenters. The molecule has 0 radical (unpaired) electrons. The highest BCUT2D eigenvalue weighted by atomic mass is 16.5. The molecule has 1 N–H and O–H groups in total. The SMILES string of the molecule is O=C(C1CC(=O)N(C2CCCC2)C1)N1CC(NC2COC2)C1. The van der Waals surface area contributed by atoms with E-state index in [4.69, 9.17) is 4.74 Å². The summed E-state index contributed by atoms with van der Waals surface area (Å²) in [5.41, 5.74) is 0. The predicted molar refractivity (Wildman–Crippen MR) is 80.2 cm³/mol. The molecule has 22 heavy (non-hydrogen) atoms. The lowest BCUT2D eigenvalue weighted by atomic mass is 10.0. The van der Waals surface area contributed by atoms with E-state index >= 15 is 0 Å². The van der Waals surface area contributed by atoms with E-state index in [0.29, 0.717) is 31.1 Å². The molecular weight excluding hydrogens is 282 g/mol. The second kappa shape index (κ2) is 5.81. The van der Waals surface area contributed by atoms with Crippen LogP contribution < -0.4 is 5.32 Å². The van der Waals surface area contributed by atoms with Crippen LogP contribution in [-0.4, -0.2) is 72.6 Å². The molecule has 0 aromatic carbocycles. The first-order chi connectivity index (χ1) is 10.7. The number of carbonyl (C=O) groups excluding carboxylic acids is 2. The second-order valence-electron chi connectivity index (χ2n) is 7.23. The molecule has 4 fully saturated rings. The maximum Gasteiger partial charge on any atom is 0.228 e. The summed E-state index contributed by atoms with van der Waals surface area (Å²) in [5, 5.41) is 3.49. The number of nitrogens with zero attached hydrogens (tertiary/aromatic N) is 2. The third-order valence-corrected chi connectivity index (χ3v) is 5.58. The predicted octanol–water partition coefficient (Wildman–Crippen LogP) is -0.0233. The number of hydrogen-bond acceptors (Lipinski definition) is 4. The maximum atomic E-state index is 12.5. The number of carbonyl (C=O) groups is 2. The van der Waals surface area contributed by atoms with Crippen molar-refractivity contribution in [3.63, 3.8) is 0 Å². The van der Waals surface area contributed by atoms with Gasteiger partial charge in [0.1, 0.15) is 0 Å². The van der Waals surface area contributed by atoms with Gasteiger partial charge >= 0.3 is 0 Å². The first kappa shape index (κ1) is 14.5. The van der Waals surface area contributed by atoms with Gasteiger partial charge in [0.15, 0.2) is 0 Å². The van der Waals surface area contributed by atoms with E-state index in [-0.39, 0.29) is 17.7 Å². The average Bonchev–Trinajstić information content (AvgIpc) is 3.03. The molecule has 3 aliphatic heterocycles. The average molecular weight is 307 g/mol. The minimum Gasteiger partial charge on any atom is -0.378 e. The molecule has 0 aromatic heterocycles. The van der Waals surface area contributed by atoms with Gasteiger partial charge in [-0.15, -0.1) is 0 Å². The van der Waals surface area contributed by atoms with Crippen molar-refractivity contribution >= 4 is 11.8 Å². The highest BCUT2D eigenvalue weighted by Crippen LogP contribution is 2.30. The van der Waals surface area contributed by atoms with Crippen molar-refractivity contribution in [3.8, 4) is 0 Å². The summed E-state index contributed by atoms with van der Waals surface area (Å²) in [6.07, 6.45) is 5.09. The molecule has 1 saturated carbocycles. The van der Waals surface area contributed by atoms with Crippen LogP contribution in [-0.2, 0) is 14.3 Å². The van der Waals surface area contributed by atoms with E-state index in [1.54, 1.807) is 0 Å². The van der Waals surface area contributed by atoms with Crippen molar-refractivity contribution in [2.75, 3.05) is 32.8 Å². The Balaban J connectivity index is 1.26. The van der Waals surface area contributed by atoms with Gasteiger partial charge in [0.05, 0.1) is 25.2 Å². The summed E-state index contributed by atoms with van der Waals surface area (Å²) in [5.74, 6) is 0.255. The van der Waals surface area contributed by atoms with E-state index in [0.717, 1.165) is 39.1 Å². The standard InChI is InChI=1S/C16H25N3O3/c20-15-5-11(6-19(15)14-3-1-2-4-14)16(21)18-7-12(8-18)17-13-9-22-10-13/h11-14,17H,1-10H2. The fraction of sp³-hybridized carbons (Fsp3) is 0.875. The van der Waals surface area contributed by atoms with E-state index in [9.17, 15) is 9.59 Å². The molecule has 6 heteroatoms. The normalized spacial score (nSPS) is 30.7. The van der Waals surface area contributed by atoms with E-state index in [1.165, 1.54) is 12.8 Å². The zero-order valence-corrected chi connectivity index (χ0v) is 13.0. The number of rotatable bonds is 4. The van der Waals surface area contributed by atoms with Gasteiger partial charge < -0.3 is 19.9 Å². The summed E-state index contributed by atoms with van der Waals surface area (Å²) in [4.78, 5) is 28.6. The smallest absolute Gasteiger partial charge is 0.228 e. The molecule has 1 aliphatic carbocycles. The van der Waals surface area contributed by atoms with Crippen LogP contribution in [0.15, 0.2) is 0 Å². The molecule has 0 spiro atoms. The fourth-order valence-corrected chi connectivity index (χ4v) is 4.15. The van der Waals surface area contributed by atoms with Crippen molar-refractivity contribution in [2.24, 2.45) is 5.92 Å². The Morgan fingerprint density at radius 1 is 1.09 bits per heavy atom. The third-order valence-electron chi connectivity index (χ3n) is 5.58. The molecule has 122 valence electrons. The summed E-state index contributed by atoms with van der Waals surface area (Å²) in [6.45, 7) is 3.79. The lowest BCUT2D eigenvalue weighted by molar-refractivity contribution is -0.141. The highest BCUT2D eigenvalue weighted by Gasteiger charge is 2.43. The van der Waals surface area contributed by atoms with Crippen LogP contribution in [0, 0.1) is 5.92 Å². The van der Waals surface area contributed by atoms with Crippen molar-refractivity contribution in [2.45, 2.75) is 50.2 Å². The van der Waals surface area contributed by atoms with Crippen LogP contribution in [0.4, 0.5) is 0 Å². The first-order valence-electron chi connectivity index (χ1n) is 8.63. The van der Waals surface area contributed by atoms with Crippen LogP contribution in [0.3, 0.4) is 0 Å². The van der Waals surface area contributed by atoms with Gasteiger partial charge in [-0.1, -0.05) is 12.8 Å². The monoisotopic (exact) mass is 307 g/mol. The number of nitrogens with one attached hydrogen (secondary N) is 1. The minimum absolute atomic E-state index is 0.110. The largest absolute Gasteiger partial charge is 0.378 e. The van der Waals surface area contributed by atoms with Gasteiger partial charge in [-0.3, -0.25) is 9.59 Å². The van der Waals surface area contributed by atoms with Crippen LogP contribution >= 0.6 is 0 Å². The van der Waals surface area contributed by atoms with Gasteiger partial charge in [-0.2, -0.15) is 0 Å². The molecule has 0 bridgehead atoms. The molecule has 6 nitrogen and oxygen atoms in total. The summed E-state index contributed by atoms with van der Waals surface area (Å²) in [7, 11) is 0. The Labute approximate surface area is 131 Å². The van der Waals surface area contributed by atoms with E-state index in [2.05, 4.69) is 5.32 Å². The maximum absolute atomic E-state index is 12.5. The molecule has 4 rings (SSSR count). The van der Waals surface area contributed by atoms with Crippen molar-refractivity contribution in [1.82, 2.24) is 15.1 Å². The summed E-state index contributed by atoms with van der Waals surface area (Å²) >= 11 is 0. The van der Waals surface area contributed by atoms with Crippen molar-refractivity contribution < 1.29 is 14.3 Å². The third kappa shape index (κ3) is 2.63. The number of likely N-dealkylation sites (tertiary alicyclic amines) is 2. The van der Waals surface area contributed by atoms with Gasteiger partial charge in [-0.05, 0) is 12.8 Å². The first-order valence-corrected chi connectivity index (χ1v) is 8.63. The molecule has 2 amide bonds. The molecule has 3 saturated heterocycles. The summed E-state index contributed by atoms with van der Waals surface area (Å²) < 4.78 is 5.15. The van der Waals surface area contributed by atoms with Crippen molar-refractivity contribution in [3.05, 3.63) is 0 Å². The van der Waals surface area contributed by atoms with Gasteiger partial charge in [0.2, 0.25) is 11.8 Å². The zero-order valence-electron chi connectivity index (χ0n) is 13.0. The van der Waals surface area contributed by atoms with Crippen LogP contribution in [0.25, 0.3) is 0 Å². The lowest BCUT2D eigenvalue weighted by Crippen LogP contribution is -2.65. The zero-order chi connectivity index (χ0) is 15.1. The van der Waals surface area contributed by atoms with Crippen LogP contribution in [0.1, 0.15) is 32.1 Å². The van der Waals surface area contributed by atoms with Gasteiger partial charge in [0.25, 0.3) is 0 Å². The Hall–Kier alpha value is -1.14. The molecular formula is C16H25N3O3. The highest BCUT2D eigenvalue weighted by molar-refractivity contribution is 5.89. The Morgan fingerprint density at radius 3 is 2.45 bits per heavy atom. The Bertz CT molecular complexity index is 454. The lowest BCUT2D eigenvalue weighted by Gasteiger charge is -2.44. The van der Waals surface area contributed by atoms with Gasteiger partial charge in [0, 0.05) is 38.1 Å². The van der Waals surface area contributed by atoms with Crippen LogP contribution in [0.5, 0.6) is 0 Å². The van der Waals surface area contributed by atoms with Crippen LogP contribution in [0.2, 0.25) is 0 Å². The van der Waals surface area contributed by atoms with E-state index < -0.39 is 0 Å². The number of ether oxygens (including phenoxy) is 1. The van der Waals surface area contributed by atoms with E-state index in [1.807, 2.05) is 9.80 Å². The second-order valence-corrected chi connectivity index (χ2v) is 7.23. The molecule has 3 heterocycles. The number of amides is 2. The molecule has 1 unspecified atom stereocenters. The minimum atomic E-state index is -0.110. The van der Waals surface area contributed by atoms with Gasteiger partial charge in [-0.25, -0.2) is 0 Å². The Morgan fingerprint density at radius 2 is 1.82 bits per heavy atom. The Kier molecular flexibility index (Phi) is 3.82. The molecule has 0 aromatic rings. The number of hydrogen-bond donors (Lipinski definition) is 1.